The van der Waals surface area contributed by atoms with Crippen molar-refractivity contribution in [3.8, 4) is 0 Å². The molecular weight excluding hydrogens is 340 g/mol. The van der Waals surface area contributed by atoms with E-state index in [0.717, 1.165) is 44.6 Å². The van der Waals surface area contributed by atoms with Crippen molar-refractivity contribution in [2.45, 2.75) is 51.1 Å². The number of hydrazine groups is 1. The smallest absolute Gasteiger partial charge is 0.247 e. The van der Waals surface area contributed by atoms with Gasteiger partial charge in [-0.25, -0.2) is 10.4 Å². The molecule has 2 heterocycles. The molecule has 6 heteroatoms. The van der Waals surface area contributed by atoms with Gasteiger partial charge >= 0.3 is 0 Å². The van der Waals surface area contributed by atoms with E-state index in [1.807, 2.05) is 30.3 Å². The highest BCUT2D eigenvalue weighted by Gasteiger charge is 2.50. The third-order valence-electron chi connectivity index (χ3n) is 6.19. The Bertz CT molecular complexity index is 674. The first-order valence-electron chi connectivity index (χ1n) is 10.3. The molecule has 0 spiro atoms. The molecule has 0 aromatic heterocycles. The van der Waals surface area contributed by atoms with E-state index in [-0.39, 0.29) is 29.7 Å². The van der Waals surface area contributed by atoms with Gasteiger partial charge in [0.1, 0.15) is 0 Å². The Labute approximate surface area is 161 Å². The average molecular weight is 370 g/mol. The van der Waals surface area contributed by atoms with Gasteiger partial charge in [0, 0.05) is 19.1 Å². The zero-order chi connectivity index (χ0) is 18.8. The Morgan fingerprint density at radius 3 is 2.63 bits per heavy atom. The van der Waals surface area contributed by atoms with Gasteiger partial charge < -0.3 is 10.2 Å². The van der Waals surface area contributed by atoms with Crippen LogP contribution in [0.15, 0.2) is 30.3 Å². The Balaban J connectivity index is 1.54. The minimum atomic E-state index is -0.200. The molecule has 2 saturated heterocycles. The van der Waals surface area contributed by atoms with Crippen molar-refractivity contribution in [1.82, 2.24) is 15.6 Å². The lowest BCUT2D eigenvalue weighted by Crippen LogP contribution is -2.57. The van der Waals surface area contributed by atoms with Gasteiger partial charge in [-0.3, -0.25) is 9.59 Å². The van der Waals surface area contributed by atoms with Crippen molar-refractivity contribution in [3.63, 3.8) is 0 Å². The molecule has 0 radical (unpaired) electrons. The average Bonchev–Trinajstić information content (AvgIpc) is 3.30. The standard InChI is InChI=1S/C21H30N4O2/c1-2-12-24-13-17(20(26)22-15-8-6-7-9-15)19-18(14-24)21(27)25(23-19)16-10-4-3-5-11-16/h3-5,10-11,15,17-19,23H,2,6-9,12-14H2,1H3,(H,22,26). The van der Waals surface area contributed by atoms with Gasteiger partial charge in [0.2, 0.25) is 11.8 Å². The summed E-state index contributed by atoms with van der Waals surface area (Å²) >= 11 is 0. The van der Waals surface area contributed by atoms with Crippen LogP contribution in [0.5, 0.6) is 0 Å². The fraction of sp³-hybridized carbons (Fsp3) is 0.619. The summed E-state index contributed by atoms with van der Waals surface area (Å²) in [7, 11) is 0. The van der Waals surface area contributed by atoms with Gasteiger partial charge in [-0.2, -0.15) is 0 Å². The molecule has 2 N–H and O–H groups in total. The molecule has 4 rings (SSSR count). The summed E-state index contributed by atoms with van der Waals surface area (Å²) in [4.78, 5) is 28.5. The summed E-state index contributed by atoms with van der Waals surface area (Å²) in [5.74, 6) is -0.197. The number of fused-ring (bicyclic) bond motifs is 1. The summed E-state index contributed by atoms with van der Waals surface area (Å²) in [6, 6.07) is 9.84. The van der Waals surface area contributed by atoms with Crippen molar-refractivity contribution in [3.05, 3.63) is 30.3 Å². The number of para-hydroxylation sites is 1. The van der Waals surface area contributed by atoms with Crippen LogP contribution >= 0.6 is 0 Å². The second-order valence-corrected chi connectivity index (χ2v) is 8.13. The lowest BCUT2D eigenvalue weighted by atomic mass is 9.83. The predicted octanol–water partition coefficient (Wildman–Crippen LogP) is 1.92. The monoisotopic (exact) mass is 370 g/mol. The number of piperidine rings is 1. The fourth-order valence-electron chi connectivity index (χ4n) is 4.83. The number of hydrogen-bond acceptors (Lipinski definition) is 4. The van der Waals surface area contributed by atoms with Crippen molar-refractivity contribution in [2.24, 2.45) is 11.8 Å². The third kappa shape index (κ3) is 3.73. The molecule has 6 nitrogen and oxygen atoms in total. The molecule has 146 valence electrons. The minimum absolute atomic E-state index is 0.0747. The maximum absolute atomic E-state index is 13.1. The van der Waals surface area contributed by atoms with Crippen LogP contribution in [-0.2, 0) is 9.59 Å². The van der Waals surface area contributed by atoms with E-state index in [1.165, 1.54) is 12.8 Å². The van der Waals surface area contributed by atoms with Crippen LogP contribution in [-0.4, -0.2) is 48.4 Å². The second kappa shape index (κ2) is 7.98. The van der Waals surface area contributed by atoms with Gasteiger partial charge in [0.25, 0.3) is 0 Å². The molecule has 1 aliphatic carbocycles. The number of nitrogens with zero attached hydrogens (tertiary/aromatic N) is 2. The first-order chi connectivity index (χ1) is 13.2. The predicted molar refractivity (Wildman–Crippen MR) is 105 cm³/mol. The molecule has 1 aromatic rings. The molecule has 1 aromatic carbocycles. The Morgan fingerprint density at radius 1 is 1.19 bits per heavy atom. The van der Waals surface area contributed by atoms with Crippen molar-refractivity contribution < 1.29 is 9.59 Å². The maximum Gasteiger partial charge on any atom is 0.247 e. The van der Waals surface area contributed by atoms with E-state index >= 15 is 0 Å². The number of benzene rings is 1. The number of rotatable bonds is 5. The van der Waals surface area contributed by atoms with Crippen LogP contribution < -0.4 is 15.8 Å². The van der Waals surface area contributed by atoms with E-state index in [9.17, 15) is 9.59 Å². The number of carbonyl (C=O) groups excluding carboxylic acids is 2. The highest BCUT2D eigenvalue weighted by Crippen LogP contribution is 2.32. The largest absolute Gasteiger partial charge is 0.353 e. The summed E-state index contributed by atoms with van der Waals surface area (Å²) in [6.07, 6.45) is 5.57. The summed E-state index contributed by atoms with van der Waals surface area (Å²) in [5.41, 5.74) is 4.22. The molecule has 3 atom stereocenters. The molecule has 27 heavy (non-hydrogen) atoms. The van der Waals surface area contributed by atoms with Crippen LogP contribution in [0.4, 0.5) is 5.69 Å². The van der Waals surface area contributed by atoms with Gasteiger partial charge in [-0.1, -0.05) is 38.0 Å². The van der Waals surface area contributed by atoms with Crippen LogP contribution in [0.2, 0.25) is 0 Å². The summed E-state index contributed by atoms with van der Waals surface area (Å²) in [5, 5.41) is 4.91. The summed E-state index contributed by atoms with van der Waals surface area (Å²) < 4.78 is 0. The molecular formula is C21H30N4O2. The van der Waals surface area contributed by atoms with Crippen molar-refractivity contribution in [1.29, 1.82) is 0 Å². The first-order valence-corrected chi connectivity index (χ1v) is 10.3. The van der Waals surface area contributed by atoms with E-state index in [0.29, 0.717) is 6.04 Å². The minimum Gasteiger partial charge on any atom is -0.353 e. The lowest BCUT2D eigenvalue weighted by Gasteiger charge is -2.38. The normalized spacial score (nSPS) is 29.1. The van der Waals surface area contributed by atoms with Crippen LogP contribution in [0.1, 0.15) is 39.0 Å². The number of nitrogens with one attached hydrogen (secondary N) is 2. The van der Waals surface area contributed by atoms with Gasteiger partial charge in [0.05, 0.1) is 23.6 Å². The molecule has 3 fully saturated rings. The maximum atomic E-state index is 13.1. The van der Waals surface area contributed by atoms with Crippen molar-refractivity contribution >= 4 is 17.5 Å². The summed E-state index contributed by atoms with van der Waals surface area (Å²) in [6.45, 7) is 4.51. The van der Waals surface area contributed by atoms with Gasteiger partial charge in [-0.15, -0.1) is 0 Å². The molecule has 2 amide bonds. The van der Waals surface area contributed by atoms with E-state index in [2.05, 4.69) is 22.6 Å². The Kier molecular flexibility index (Phi) is 5.45. The van der Waals surface area contributed by atoms with Gasteiger partial charge in [0.15, 0.2) is 0 Å². The number of anilines is 1. The first kappa shape index (κ1) is 18.4. The third-order valence-corrected chi connectivity index (χ3v) is 6.19. The number of carbonyl (C=O) groups is 2. The quantitative estimate of drug-likeness (QED) is 0.831. The van der Waals surface area contributed by atoms with Gasteiger partial charge in [-0.05, 0) is 37.9 Å². The number of likely N-dealkylation sites (tertiary alicyclic amines) is 1. The van der Waals surface area contributed by atoms with E-state index in [1.54, 1.807) is 5.01 Å². The van der Waals surface area contributed by atoms with E-state index in [4.69, 9.17) is 0 Å². The zero-order valence-corrected chi connectivity index (χ0v) is 16.1. The molecule has 0 bridgehead atoms. The fourth-order valence-corrected chi connectivity index (χ4v) is 4.83. The van der Waals surface area contributed by atoms with Crippen LogP contribution in [0.3, 0.4) is 0 Å². The van der Waals surface area contributed by atoms with Crippen molar-refractivity contribution in [2.75, 3.05) is 24.6 Å². The zero-order valence-electron chi connectivity index (χ0n) is 16.1. The van der Waals surface area contributed by atoms with E-state index < -0.39 is 0 Å². The SMILES string of the molecule is CCCN1CC(C(=O)NC2CCCC2)C2NN(c3ccccc3)C(=O)C2C1. The van der Waals surface area contributed by atoms with Crippen LogP contribution in [0.25, 0.3) is 0 Å². The van der Waals surface area contributed by atoms with Crippen LogP contribution in [0, 0.1) is 11.8 Å². The molecule has 2 aliphatic heterocycles. The highest BCUT2D eigenvalue weighted by atomic mass is 16.2. The number of amides is 2. The topological polar surface area (TPSA) is 64.7 Å². The number of hydrogen-bond donors (Lipinski definition) is 2. The lowest BCUT2D eigenvalue weighted by molar-refractivity contribution is -0.130. The Morgan fingerprint density at radius 2 is 1.93 bits per heavy atom. The molecule has 3 unspecified atom stereocenters. The molecule has 1 saturated carbocycles. The highest BCUT2D eigenvalue weighted by molar-refractivity contribution is 5.98. The Hall–Kier alpha value is -1.92. The second-order valence-electron chi connectivity index (χ2n) is 8.13. The molecule has 3 aliphatic rings.